The van der Waals surface area contributed by atoms with E-state index in [2.05, 4.69) is 15.1 Å². The average Bonchev–Trinajstić information content (AvgIpc) is 3.10. The first kappa shape index (κ1) is 21.5. The zero-order chi connectivity index (χ0) is 20.0. The lowest BCUT2D eigenvalue weighted by molar-refractivity contribution is -0.131. The maximum absolute atomic E-state index is 12.6. The predicted octanol–water partition coefficient (Wildman–Crippen LogP) is 0.816. The van der Waals surface area contributed by atoms with E-state index in [0.29, 0.717) is 25.9 Å². The van der Waals surface area contributed by atoms with Crippen molar-refractivity contribution < 1.29 is 14.7 Å². The molecule has 3 rings (SSSR count). The second kappa shape index (κ2) is 10.0. The van der Waals surface area contributed by atoms with Gasteiger partial charge in [-0.3, -0.25) is 9.59 Å². The number of hydrogen-bond acceptors (Lipinski definition) is 5. The molecule has 3 fully saturated rings. The number of aliphatic hydroxyl groups is 1. The molecule has 2 amide bonds. The first-order chi connectivity index (χ1) is 13.4. The normalized spacial score (nSPS) is 28.3. The summed E-state index contributed by atoms with van der Waals surface area (Å²) in [6, 6.07) is 0.265. The van der Waals surface area contributed by atoms with Gasteiger partial charge in [-0.25, -0.2) is 0 Å². The van der Waals surface area contributed by atoms with Gasteiger partial charge in [0, 0.05) is 58.7 Å². The van der Waals surface area contributed by atoms with Gasteiger partial charge in [0.2, 0.25) is 11.8 Å². The zero-order valence-corrected chi connectivity index (χ0v) is 17.5. The fraction of sp³-hybridized carbons (Fsp3) is 0.905. The maximum atomic E-state index is 12.6. The van der Waals surface area contributed by atoms with Crippen molar-refractivity contribution in [2.24, 2.45) is 0 Å². The van der Waals surface area contributed by atoms with E-state index in [4.69, 9.17) is 0 Å². The highest BCUT2D eigenvalue weighted by Crippen LogP contribution is 2.25. The van der Waals surface area contributed by atoms with Crippen LogP contribution in [0.5, 0.6) is 0 Å². The molecule has 0 bridgehead atoms. The number of likely N-dealkylation sites (tertiary alicyclic amines) is 3. The molecule has 3 heterocycles. The number of amides is 2. The summed E-state index contributed by atoms with van der Waals surface area (Å²) in [6.45, 7) is 8.63. The molecule has 0 aromatic heterocycles. The molecular weight excluding hydrogens is 356 g/mol. The fourth-order valence-electron chi connectivity index (χ4n) is 4.94. The lowest BCUT2D eigenvalue weighted by atomic mass is 9.93. The molecule has 3 saturated heterocycles. The average molecular weight is 395 g/mol. The standard InChI is InChI=1S/C21H38N4O3/c1-18(26)22-19-5-13-24(14-6-19)17-21(28)8-4-12-25(16-9-21)20(27)7-15-23-10-2-3-11-23/h19,28H,2-17H2,1H3,(H,22,26). The van der Waals surface area contributed by atoms with Gasteiger partial charge in [-0.2, -0.15) is 0 Å². The third-order valence-corrected chi connectivity index (χ3v) is 6.62. The number of piperidine rings is 1. The number of hydrogen-bond donors (Lipinski definition) is 2. The molecule has 0 aromatic carbocycles. The number of carbonyl (C=O) groups excluding carboxylic acids is 2. The number of β-amino-alcohol motifs (C(OH)–C–C–N with tert-alkyl or cyclic N) is 1. The van der Waals surface area contributed by atoms with E-state index in [1.54, 1.807) is 6.92 Å². The van der Waals surface area contributed by atoms with Crippen LogP contribution in [0.3, 0.4) is 0 Å². The molecule has 0 saturated carbocycles. The predicted molar refractivity (Wildman–Crippen MR) is 109 cm³/mol. The molecule has 3 aliphatic rings. The van der Waals surface area contributed by atoms with Crippen LogP contribution >= 0.6 is 0 Å². The number of rotatable bonds is 6. The Bertz CT molecular complexity index is 530. The van der Waals surface area contributed by atoms with Crippen molar-refractivity contribution in [2.75, 3.05) is 52.4 Å². The van der Waals surface area contributed by atoms with Crippen LogP contribution in [0.25, 0.3) is 0 Å². The minimum atomic E-state index is -0.704. The van der Waals surface area contributed by atoms with Crippen molar-refractivity contribution in [2.45, 2.75) is 69.9 Å². The lowest BCUT2D eigenvalue weighted by Crippen LogP contribution is -2.50. The molecule has 2 N–H and O–H groups in total. The third-order valence-electron chi connectivity index (χ3n) is 6.62. The molecule has 0 spiro atoms. The second-order valence-corrected chi connectivity index (χ2v) is 9.01. The van der Waals surface area contributed by atoms with E-state index in [0.717, 1.165) is 65.0 Å². The van der Waals surface area contributed by atoms with Crippen molar-refractivity contribution >= 4 is 11.8 Å². The molecule has 7 heteroatoms. The van der Waals surface area contributed by atoms with Crippen LogP contribution in [-0.2, 0) is 9.59 Å². The topological polar surface area (TPSA) is 76.1 Å². The van der Waals surface area contributed by atoms with Crippen molar-refractivity contribution in [3.63, 3.8) is 0 Å². The summed E-state index contributed by atoms with van der Waals surface area (Å²) >= 11 is 0. The summed E-state index contributed by atoms with van der Waals surface area (Å²) in [7, 11) is 0. The van der Waals surface area contributed by atoms with Gasteiger partial charge >= 0.3 is 0 Å². The SMILES string of the molecule is CC(=O)NC1CCN(CC2(O)CCCN(C(=O)CCN3CCCC3)CC2)CC1. The Morgan fingerprint density at radius 3 is 2.36 bits per heavy atom. The Balaban J connectivity index is 1.40. The maximum Gasteiger partial charge on any atom is 0.223 e. The second-order valence-electron chi connectivity index (χ2n) is 9.01. The first-order valence-electron chi connectivity index (χ1n) is 11.2. The Kier molecular flexibility index (Phi) is 7.71. The van der Waals surface area contributed by atoms with Crippen molar-refractivity contribution in [3.8, 4) is 0 Å². The molecule has 7 nitrogen and oxygen atoms in total. The summed E-state index contributed by atoms with van der Waals surface area (Å²) in [6.07, 6.45) is 7.29. The molecule has 0 radical (unpaired) electrons. The van der Waals surface area contributed by atoms with Crippen LogP contribution in [0.2, 0.25) is 0 Å². The third kappa shape index (κ3) is 6.42. The smallest absolute Gasteiger partial charge is 0.223 e. The number of carbonyl (C=O) groups is 2. The molecule has 28 heavy (non-hydrogen) atoms. The highest BCUT2D eigenvalue weighted by molar-refractivity contribution is 5.76. The van der Waals surface area contributed by atoms with Gasteiger partial charge in [0.25, 0.3) is 0 Å². The van der Waals surface area contributed by atoms with Gasteiger partial charge in [-0.15, -0.1) is 0 Å². The van der Waals surface area contributed by atoms with E-state index < -0.39 is 5.60 Å². The summed E-state index contributed by atoms with van der Waals surface area (Å²) in [5.74, 6) is 0.280. The van der Waals surface area contributed by atoms with Crippen LogP contribution < -0.4 is 5.32 Å². The van der Waals surface area contributed by atoms with Gasteiger partial charge in [0.1, 0.15) is 0 Å². The van der Waals surface area contributed by atoms with E-state index in [1.807, 2.05) is 4.90 Å². The number of nitrogens with one attached hydrogen (secondary N) is 1. The molecule has 1 unspecified atom stereocenters. The Hall–Kier alpha value is -1.18. The Morgan fingerprint density at radius 1 is 0.964 bits per heavy atom. The number of nitrogens with zero attached hydrogens (tertiary/aromatic N) is 3. The Labute approximate surface area is 169 Å². The van der Waals surface area contributed by atoms with Crippen molar-refractivity contribution in [1.29, 1.82) is 0 Å². The first-order valence-corrected chi connectivity index (χ1v) is 11.2. The van der Waals surface area contributed by atoms with Gasteiger partial charge < -0.3 is 25.1 Å². The van der Waals surface area contributed by atoms with Gasteiger partial charge in [-0.1, -0.05) is 0 Å². The largest absolute Gasteiger partial charge is 0.388 e. The molecule has 160 valence electrons. The highest BCUT2D eigenvalue weighted by Gasteiger charge is 2.34. The highest BCUT2D eigenvalue weighted by atomic mass is 16.3. The van der Waals surface area contributed by atoms with Crippen LogP contribution in [0.1, 0.15) is 58.3 Å². The van der Waals surface area contributed by atoms with Gasteiger partial charge in [-0.05, 0) is 58.0 Å². The molecule has 1 atom stereocenters. The van der Waals surface area contributed by atoms with Crippen LogP contribution in [0, 0.1) is 0 Å². The van der Waals surface area contributed by atoms with Crippen molar-refractivity contribution in [1.82, 2.24) is 20.0 Å². The summed E-state index contributed by atoms with van der Waals surface area (Å²) in [4.78, 5) is 30.5. The van der Waals surface area contributed by atoms with Gasteiger partial charge in [0.05, 0.1) is 5.60 Å². The summed E-state index contributed by atoms with van der Waals surface area (Å²) in [5, 5.41) is 14.2. The van der Waals surface area contributed by atoms with E-state index in [-0.39, 0.29) is 17.9 Å². The van der Waals surface area contributed by atoms with Crippen molar-refractivity contribution in [3.05, 3.63) is 0 Å². The van der Waals surface area contributed by atoms with E-state index in [1.165, 1.54) is 12.8 Å². The summed E-state index contributed by atoms with van der Waals surface area (Å²) in [5.41, 5.74) is -0.704. The molecular formula is C21H38N4O3. The Morgan fingerprint density at radius 2 is 1.68 bits per heavy atom. The molecule has 0 aromatic rings. The van der Waals surface area contributed by atoms with E-state index >= 15 is 0 Å². The fourth-order valence-corrected chi connectivity index (χ4v) is 4.94. The lowest BCUT2D eigenvalue weighted by Gasteiger charge is -2.38. The molecule has 0 aliphatic carbocycles. The monoisotopic (exact) mass is 394 g/mol. The van der Waals surface area contributed by atoms with Crippen LogP contribution in [-0.4, -0.2) is 95.6 Å². The van der Waals surface area contributed by atoms with Gasteiger partial charge in [0.15, 0.2) is 0 Å². The quantitative estimate of drug-likeness (QED) is 0.698. The van der Waals surface area contributed by atoms with E-state index in [9.17, 15) is 14.7 Å². The summed E-state index contributed by atoms with van der Waals surface area (Å²) < 4.78 is 0. The molecule has 3 aliphatic heterocycles. The minimum Gasteiger partial charge on any atom is -0.388 e. The minimum absolute atomic E-state index is 0.0373. The zero-order valence-electron chi connectivity index (χ0n) is 17.5. The van der Waals surface area contributed by atoms with Crippen LogP contribution in [0.15, 0.2) is 0 Å². The van der Waals surface area contributed by atoms with Crippen LogP contribution in [0.4, 0.5) is 0 Å².